The molecule has 0 fully saturated rings. The molecular weight excluding hydrogens is 302 g/mol. The van der Waals surface area contributed by atoms with Crippen LogP contribution in [0.1, 0.15) is 11.1 Å². The van der Waals surface area contributed by atoms with Gasteiger partial charge in [0.15, 0.2) is 11.6 Å². The molecule has 1 N–H and O–H groups in total. The monoisotopic (exact) mass is 312 g/mol. The molecule has 7 heteroatoms. The Morgan fingerprint density at radius 2 is 1.95 bits per heavy atom. The molecule has 0 saturated carbocycles. The second kappa shape index (κ2) is 6.99. The van der Waals surface area contributed by atoms with Crippen molar-refractivity contribution < 1.29 is 18.7 Å². The van der Waals surface area contributed by atoms with E-state index in [1.54, 1.807) is 12.1 Å². The normalized spacial score (nSPS) is 11.5. The Morgan fingerprint density at radius 3 is 2.57 bits per heavy atom. The van der Waals surface area contributed by atoms with E-state index in [2.05, 4.69) is 10.1 Å². The first-order valence-electron chi connectivity index (χ1n) is 5.96. The average molecular weight is 313 g/mol. The van der Waals surface area contributed by atoms with E-state index in [-0.39, 0.29) is 18.2 Å². The summed E-state index contributed by atoms with van der Waals surface area (Å²) in [7, 11) is 0. The van der Waals surface area contributed by atoms with E-state index in [1.165, 1.54) is 12.3 Å². The van der Waals surface area contributed by atoms with Gasteiger partial charge in [0.25, 0.3) is 0 Å². The number of aromatic nitrogens is 1. The van der Waals surface area contributed by atoms with Crippen LogP contribution in [0.4, 0.5) is 8.78 Å². The van der Waals surface area contributed by atoms with Crippen LogP contribution in [0.3, 0.4) is 0 Å². The topological polar surface area (TPSA) is 54.7 Å². The number of hydrogen-bond donors (Lipinski definition) is 1. The van der Waals surface area contributed by atoms with Crippen LogP contribution < -0.4 is 4.74 Å². The van der Waals surface area contributed by atoms with Crippen LogP contribution in [0, 0.1) is 11.6 Å². The molecule has 0 spiro atoms. The van der Waals surface area contributed by atoms with Crippen molar-refractivity contribution in [3.05, 3.63) is 59.3 Å². The third kappa shape index (κ3) is 4.39. The van der Waals surface area contributed by atoms with Crippen molar-refractivity contribution in [1.29, 1.82) is 0 Å². The Hall–Kier alpha value is -2.21. The number of benzene rings is 1. The lowest BCUT2D eigenvalue weighted by Crippen LogP contribution is -2.00. The molecule has 2 aromatic rings. The summed E-state index contributed by atoms with van der Waals surface area (Å²) in [4.78, 5) is 4.04. The molecule has 1 aromatic carbocycles. The van der Waals surface area contributed by atoms with Crippen molar-refractivity contribution in [2.45, 2.75) is 13.0 Å². The maximum absolute atomic E-state index is 13.0. The highest BCUT2D eigenvalue weighted by atomic mass is 35.5. The minimum atomic E-state index is -0.919. The molecule has 0 radical (unpaired) electrons. The van der Waals surface area contributed by atoms with Crippen LogP contribution in [0.25, 0.3) is 0 Å². The first-order valence-corrected chi connectivity index (χ1v) is 6.34. The zero-order valence-corrected chi connectivity index (χ0v) is 11.5. The summed E-state index contributed by atoms with van der Waals surface area (Å²) in [5.41, 5.74) is 1.24. The summed E-state index contributed by atoms with van der Waals surface area (Å²) < 4.78 is 31.2. The lowest BCUT2D eigenvalue weighted by molar-refractivity contribution is 0.292. The molecule has 0 aliphatic rings. The van der Waals surface area contributed by atoms with Crippen molar-refractivity contribution in [2.75, 3.05) is 0 Å². The predicted octanol–water partition coefficient (Wildman–Crippen LogP) is 3.51. The minimum absolute atomic E-state index is 0.0484. The van der Waals surface area contributed by atoms with E-state index in [1.807, 2.05) is 0 Å². The summed E-state index contributed by atoms with van der Waals surface area (Å²) in [5, 5.41) is 11.4. The number of pyridine rings is 1. The van der Waals surface area contributed by atoms with E-state index in [0.717, 1.165) is 17.7 Å². The molecule has 110 valence electrons. The minimum Gasteiger partial charge on any atom is -0.473 e. The third-order valence-electron chi connectivity index (χ3n) is 2.63. The fourth-order valence-corrected chi connectivity index (χ4v) is 1.75. The summed E-state index contributed by atoms with van der Waals surface area (Å²) in [6.45, 7) is 0.0718. The number of ether oxygens (including phenoxy) is 1. The van der Waals surface area contributed by atoms with E-state index in [9.17, 15) is 8.78 Å². The van der Waals surface area contributed by atoms with Gasteiger partial charge in [-0.15, -0.1) is 0 Å². The molecule has 0 unspecified atom stereocenters. The Bertz CT molecular complexity index is 648. The van der Waals surface area contributed by atoms with E-state index >= 15 is 0 Å². The summed E-state index contributed by atoms with van der Waals surface area (Å²) >= 11 is 5.58. The lowest BCUT2D eigenvalue weighted by Gasteiger charge is -2.06. The Morgan fingerprint density at radius 1 is 1.19 bits per heavy atom. The average Bonchev–Trinajstić information content (AvgIpc) is 2.50. The van der Waals surface area contributed by atoms with Gasteiger partial charge in [0, 0.05) is 18.7 Å². The van der Waals surface area contributed by atoms with E-state index in [0.29, 0.717) is 11.4 Å². The quantitative estimate of drug-likeness (QED) is 0.522. The first kappa shape index (κ1) is 15.2. The smallest absolute Gasteiger partial charge is 0.213 e. The highest BCUT2D eigenvalue weighted by molar-refractivity contribution is 6.65. The molecule has 1 aromatic heterocycles. The predicted molar refractivity (Wildman–Crippen MR) is 73.7 cm³/mol. The van der Waals surface area contributed by atoms with Gasteiger partial charge in [-0.05, 0) is 23.3 Å². The Balaban J connectivity index is 1.95. The molecule has 2 rings (SSSR count). The van der Waals surface area contributed by atoms with Crippen LogP contribution in [0.15, 0.2) is 41.7 Å². The van der Waals surface area contributed by atoms with Gasteiger partial charge in [-0.1, -0.05) is 28.9 Å². The van der Waals surface area contributed by atoms with E-state index < -0.39 is 11.6 Å². The maximum atomic E-state index is 13.0. The molecule has 0 aliphatic heterocycles. The number of halogens is 3. The van der Waals surface area contributed by atoms with Gasteiger partial charge in [0.05, 0.1) is 0 Å². The molecule has 1 heterocycles. The molecule has 0 aliphatic carbocycles. The lowest BCUT2D eigenvalue weighted by atomic mass is 10.2. The second-order valence-corrected chi connectivity index (χ2v) is 4.63. The number of rotatable bonds is 5. The van der Waals surface area contributed by atoms with Crippen LogP contribution in [0.2, 0.25) is 0 Å². The molecule has 0 bridgehead atoms. The molecule has 4 nitrogen and oxygen atoms in total. The third-order valence-corrected chi connectivity index (χ3v) is 2.84. The van der Waals surface area contributed by atoms with Crippen molar-refractivity contribution >= 4 is 16.8 Å². The van der Waals surface area contributed by atoms with Gasteiger partial charge in [0.1, 0.15) is 11.8 Å². The van der Waals surface area contributed by atoms with Gasteiger partial charge in [-0.2, -0.15) is 0 Å². The highest BCUT2D eigenvalue weighted by Crippen LogP contribution is 2.13. The van der Waals surface area contributed by atoms with Crippen LogP contribution >= 0.6 is 11.6 Å². The van der Waals surface area contributed by atoms with Crippen LogP contribution in [0.5, 0.6) is 5.88 Å². The van der Waals surface area contributed by atoms with Crippen molar-refractivity contribution in [3.63, 3.8) is 0 Å². The van der Waals surface area contributed by atoms with Gasteiger partial charge < -0.3 is 9.94 Å². The second-order valence-electron chi connectivity index (χ2n) is 4.19. The zero-order chi connectivity index (χ0) is 15.2. The van der Waals surface area contributed by atoms with Gasteiger partial charge >= 0.3 is 0 Å². The highest BCUT2D eigenvalue weighted by Gasteiger charge is 2.04. The van der Waals surface area contributed by atoms with Crippen molar-refractivity contribution in [1.82, 2.24) is 4.98 Å². The maximum Gasteiger partial charge on any atom is 0.213 e. The van der Waals surface area contributed by atoms with Crippen molar-refractivity contribution in [3.8, 4) is 5.88 Å². The fourth-order valence-electron chi connectivity index (χ4n) is 1.59. The largest absolute Gasteiger partial charge is 0.473 e. The SMILES string of the molecule is O/N=C(\Cl)Cc1ccc(OCc2ccc(F)c(F)c2)nc1. The number of nitrogens with zero attached hydrogens (tertiary/aromatic N) is 2. The van der Waals surface area contributed by atoms with Gasteiger partial charge in [0.2, 0.25) is 5.88 Å². The van der Waals surface area contributed by atoms with Gasteiger partial charge in [-0.3, -0.25) is 0 Å². The molecule has 0 amide bonds. The number of hydrogen-bond acceptors (Lipinski definition) is 4. The Labute approximate surface area is 124 Å². The molecule has 0 atom stereocenters. The fraction of sp³-hybridized carbons (Fsp3) is 0.143. The summed E-state index contributed by atoms with van der Waals surface area (Å²) in [6, 6.07) is 6.87. The summed E-state index contributed by atoms with van der Waals surface area (Å²) in [6.07, 6.45) is 1.78. The summed E-state index contributed by atoms with van der Waals surface area (Å²) in [5.74, 6) is -1.48. The standard InChI is InChI=1S/C14H11ClF2N2O2/c15-13(19-20)6-9-2-4-14(18-7-9)21-8-10-1-3-11(16)12(17)5-10/h1-5,7,20H,6,8H2/b19-13-. The van der Waals surface area contributed by atoms with Crippen LogP contribution in [-0.4, -0.2) is 15.4 Å². The first-order chi connectivity index (χ1) is 10.1. The van der Waals surface area contributed by atoms with Crippen LogP contribution in [-0.2, 0) is 13.0 Å². The van der Waals surface area contributed by atoms with Crippen molar-refractivity contribution in [2.24, 2.45) is 5.16 Å². The number of oxime groups is 1. The molecular formula is C14H11ClF2N2O2. The Kier molecular flexibility index (Phi) is 5.05. The zero-order valence-electron chi connectivity index (χ0n) is 10.8. The van der Waals surface area contributed by atoms with E-state index in [4.69, 9.17) is 21.5 Å². The molecule has 21 heavy (non-hydrogen) atoms. The van der Waals surface area contributed by atoms with Gasteiger partial charge in [-0.25, -0.2) is 13.8 Å². The molecule has 0 saturated heterocycles.